The third-order valence-electron chi connectivity index (χ3n) is 11.2. The van der Waals surface area contributed by atoms with Gasteiger partial charge >= 0.3 is 0 Å². The van der Waals surface area contributed by atoms with E-state index in [-0.39, 0.29) is 35.9 Å². The predicted molar refractivity (Wildman–Crippen MR) is 257 cm³/mol. The maximum atomic E-state index is 12.9. The molecule has 5 N–H and O–H groups in total. The number of allylic oxidation sites excluding steroid dienone is 2. The minimum Gasteiger partial charge on any atom is -0.456 e. The smallest absolute Gasteiger partial charge is 0.264 e. The van der Waals surface area contributed by atoms with E-state index in [2.05, 4.69) is 56.0 Å². The lowest BCUT2D eigenvalue weighted by molar-refractivity contribution is -0.129. The van der Waals surface area contributed by atoms with Crippen molar-refractivity contribution in [3.63, 3.8) is 0 Å². The van der Waals surface area contributed by atoms with E-state index in [1.807, 2.05) is 80.6 Å². The highest BCUT2D eigenvalue weighted by molar-refractivity contribution is 6.07. The standard InChI is InChI=1S/C25H23N7O2.C20H20N6O2.C4H4N2O/c1-16-4-6-20(7-5-16)34-21-8-11-28-23-22(21)24(31-30-23)29-19-9-12-32(15-19)25(33)17(14-26)13-18-3-2-10-27-18;1-13-2-4-15(5-3-13)28-16-7-10-22-19-18(16)20(25-24-19)23-14-8-11-26(12-14)17(27)6-9-21;7-3-4-5-1-2-6-4/h2,4-8,10-11,13,19H,3,9,12,15H2,1H3,(H2,28,29,30,31);2-5,7,10,14H,6,8,11-12H2,1H3,(H2,22,23,24,25);1-3H,(H,5,6)/b17-13+;;/t19-;14-;/m11./s1. The second kappa shape index (κ2) is 21.9. The number of amides is 2. The number of aromatic nitrogens is 8. The van der Waals surface area contributed by atoms with Crippen molar-refractivity contribution in [1.29, 1.82) is 10.5 Å². The second-order valence-corrected chi connectivity index (χ2v) is 16.2. The molecule has 3 aliphatic heterocycles. The lowest BCUT2D eigenvalue weighted by Gasteiger charge is -2.17. The van der Waals surface area contributed by atoms with Crippen LogP contribution >= 0.6 is 0 Å². The number of likely N-dealkylation sites (tertiary alicyclic amines) is 2. The molecule has 2 atom stereocenters. The summed E-state index contributed by atoms with van der Waals surface area (Å²) in [6.45, 7) is 6.24. The summed E-state index contributed by atoms with van der Waals surface area (Å²) in [7, 11) is 0. The molecule has 0 unspecified atom stereocenters. The molecule has 20 heteroatoms. The van der Waals surface area contributed by atoms with Crippen molar-refractivity contribution in [2.45, 2.75) is 51.6 Å². The van der Waals surface area contributed by atoms with E-state index in [0.717, 1.165) is 52.0 Å². The molecule has 10 rings (SSSR count). The molecule has 348 valence electrons. The van der Waals surface area contributed by atoms with E-state index < -0.39 is 0 Å². The topological polar surface area (TPSA) is 272 Å². The average Bonchev–Trinajstić information content (AvgIpc) is 4.24. The largest absolute Gasteiger partial charge is 0.456 e. The lowest BCUT2D eigenvalue weighted by atomic mass is 10.1. The van der Waals surface area contributed by atoms with Gasteiger partial charge in [-0.2, -0.15) is 20.7 Å². The lowest BCUT2D eigenvalue weighted by Crippen LogP contribution is -2.32. The van der Waals surface area contributed by atoms with Crippen molar-refractivity contribution in [2.75, 3.05) is 36.8 Å². The van der Waals surface area contributed by atoms with E-state index in [0.29, 0.717) is 79.1 Å². The van der Waals surface area contributed by atoms with Crippen LogP contribution in [0.25, 0.3) is 22.1 Å². The Morgan fingerprint density at radius 2 is 1.35 bits per heavy atom. The van der Waals surface area contributed by atoms with E-state index in [1.54, 1.807) is 52.8 Å². The number of pyridine rings is 2. The number of fused-ring (bicyclic) bond motifs is 2. The molecular weight excluding hydrogens is 879 g/mol. The number of nitrogens with zero attached hydrogens (tertiary/aromatic N) is 10. The molecule has 7 aromatic rings. The number of rotatable bonds is 12. The van der Waals surface area contributed by atoms with Gasteiger partial charge in [-0.15, -0.1) is 0 Å². The summed E-state index contributed by atoms with van der Waals surface area (Å²) in [6, 6.07) is 23.2. The van der Waals surface area contributed by atoms with Crippen molar-refractivity contribution in [1.82, 2.24) is 50.1 Å². The number of carbonyl (C=O) groups excluding carboxylic acids is 3. The van der Waals surface area contributed by atoms with Gasteiger partial charge in [0.15, 0.2) is 35.0 Å². The number of carbonyl (C=O) groups is 3. The Morgan fingerprint density at radius 3 is 1.83 bits per heavy atom. The first-order valence-corrected chi connectivity index (χ1v) is 22.1. The average molecular weight is 926 g/mol. The van der Waals surface area contributed by atoms with Gasteiger partial charge in [0.2, 0.25) is 5.91 Å². The molecular formula is C49H47N15O5. The van der Waals surface area contributed by atoms with Crippen molar-refractivity contribution in [2.24, 2.45) is 4.99 Å². The van der Waals surface area contributed by atoms with Crippen molar-refractivity contribution < 1.29 is 23.9 Å². The fourth-order valence-corrected chi connectivity index (χ4v) is 7.72. The van der Waals surface area contributed by atoms with Gasteiger partial charge in [0.05, 0.1) is 6.07 Å². The predicted octanol–water partition coefficient (Wildman–Crippen LogP) is 7.09. The Kier molecular flexibility index (Phi) is 14.7. The summed E-state index contributed by atoms with van der Waals surface area (Å²) in [5.41, 5.74) is 4.37. The van der Waals surface area contributed by atoms with Crippen molar-refractivity contribution in [3.05, 3.63) is 126 Å². The fourth-order valence-electron chi connectivity index (χ4n) is 7.72. The third-order valence-corrected chi connectivity index (χ3v) is 11.2. The quantitative estimate of drug-likeness (QED) is 0.0465. The second-order valence-electron chi connectivity index (χ2n) is 16.2. The molecule has 5 aromatic heterocycles. The van der Waals surface area contributed by atoms with E-state index in [1.165, 1.54) is 6.20 Å². The number of ether oxygens (including phenoxy) is 2. The molecule has 69 heavy (non-hydrogen) atoms. The van der Waals surface area contributed by atoms with Crippen LogP contribution in [0.15, 0.2) is 114 Å². The first-order chi connectivity index (χ1) is 33.7. The van der Waals surface area contributed by atoms with Gasteiger partial charge in [-0.3, -0.25) is 29.6 Å². The zero-order chi connectivity index (χ0) is 48.1. The van der Waals surface area contributed by atoms with E-state index >= 15 is 0 Å². The molecule has 2 aromatic carbocycles. The van der Waals surface area contributed by atoms with Crippen LogP contribution in [0.2, 0.25) is 0 Å². The number of nitriles is 2. The van der Waals surface area contributed by atoms with Crippen molar-refractivity contribution in [3.8, 4) is 35.1 Å². The highest BCUT2D eigenvalue weighted by Crippen LogP contribution is 2.35. The first kappa shape index (κ1) is 46.4. The zero-order valence-electron chi connectivity index (χ0n) is 37.7. The van der Waals surface area contributed by atoms with Gasteiger partial charge in [-0.25, -0.2) is 15.0 Å². The highest BCUT2D eigenvalue weighted by atomic mass is 16.5. The van der Waals surface area contributed by atoms with Gasteiger partial charge in [0.1, 0.15) is 51.8 Å². The van der Waals surface area contributed by atoms with E-state index in [4.69, 9.17) is 14.7 Å². The third kappa shape index (κ3) is 11.6. The molecule has 2 saturated heterocycles. The molecule has 3 aliphatic rings. The van der Waals surface area contributed by atoms with Crippen molar-refractivity contribution >= 4 is 57.5 Å². The number of aliphatic imine (C=N–C) groups is 1. The monoisotopic (exact) mass is 925 g/mol. The maximum Gasteiger partial charge on any atom is 0.264 e. The van der Waals surface area contributed by atoms with Gasteiger partial charge in [0.25, 0.3) is 5.91 Å². The summed E-state index contributed by atoms with van der Waals surface area (Å²) in [4.78, 5) is 57.0. The number of benzene rings is 2. The number of aryl methyl sites for hydroxylation is 2. The van der Waals surface area contributed by atoms with Gasteiger partial charge in [-0.05, 0) is 57.0 Å². The minimum absolute atomic E-state index is 0.0201. The summed E-state index contributed by atoms with van der Waals surface area (Å²) in [5, 5.41) is 41.1. The number of aromatic amines is 3. The molecule has 2 amide bonds. The molecule has 20 nitrogen and oxygen atoms in total. The minimum atomic E-state index is -0.279. The highest BCUT2D eigenvalue weighted by Gasteiger charge is 2.30. The molecule has 0 saturated carbocycles. The number of anilines is 2. The first-order valence-electron chi connectivity index (χ1n) is 22.1. The van der Waals surface area contributed by atoms with Crippen LogP contribution < -0.4 is 20.1 Å². The number of H-pyrrole nitrogens is 3. The van der Waals surface area contributed by atoms with Crippen LogP contribution in [0.4, 0.5) is 11.6 Å². The molecule has 2 fully saturated rings. The van der Waals surface area contributed by atoms with Gasteiger partial charge < -0.3 is 34.9 Å². The SMILES string of the molecule is Cc1ccc(Oc2ccnc3[nH]nc(N[C@@H]4CCN(C(=O)/C(C#N)=C/C5=NC=CC5)C4)c23)cc1.Cc1ccc(Oc2ccnc3[nH]nc(N[C@@H]4CCN(C(=O)CC#N)C4)c23)cc1.O=Cc1ncc[nH]1. The van der Waals surface area contributed by atoms with E-state index in [9.17, 15) is 19.6 Å². The Bertz CT molecular complexity index is 3110. The Labute approximate surface area is 395 Å². The number of hydrogen-bond donors (Lipinski definition) is 5. The van der Waals surface area contributed by atoms with Crippen LogP contribution in [-0.4, -0.2) is 112 Å². The van der Waals surface area contributed by atoms with Crippen LogP contribution in [0, 0.1) is 36.5 Å². The van der Waals surface area contributed by atoms with Crippen LogP contribution in [-0.2, 0) is 9.59 Å². The summed E-state index contributed by atoms with van der Waals surface area (Å²) < 4.78 is 12.2. The molecule has 0 aliphatic carbocycles. The molecule has 0 spiro atoms. The summed E-state index contributed by atoms with van der Waals surface area (Å²) >= 11 is 0. The molecule has 0 bridgehead atoms. The number of aldehydes is 1. The molecule has 8 heterocycles. The summed E-state index contributed by atoms with van der Waals surface area (Å²) in [6.07, 6.45) is 14.4. The Hall–Kier alpha value is -9.17. The number of nitrogens with one attached hydrogen (secondary N) is 5. The molecule has 0 radical (unpaired) electrons. The fraction of sp³-hybridized carbons (Fsp3) is 0.245. The zero-order valence-corrected chi connectivity index (χ0v) is 37.7. The Balaban J connectivity index is 0.000000165. The van der Waals surface area contributed by atoms with Gasteiger partial charge in [-0.1, -0.05) is 41.5 Å². The van der Waals surface area contributed by atoms with Crippen LogP contribution in [0.5, 0.6) is 23.0 Å². The van der Waals surface area contributed by atoms with Gasteiger partial charge in [0, 0.05) is 93.5 Å². The van der Waals surface area contributed by atoms with Crippen LogP contribution in [0.3, 0.4) is 0 Å². The van der Waals surface area contributed by atoms with Crippen LogP contribution in [0.1, 0.15) is 47.4 Å². The Morgan fingerprint density at radius 1 is 0.783 bits per heavy atom. The number of hydrogen-bond acceptors (Lipinski definition) is 15. The summed E-state index contributed by atoms with van der Waals surface area (Å²) in [5.74, 6) is 3.97. The number of imidazole rings is 1. The normalized spacial score (nSPS) is 16.1. The maximum absolute atomic E-state index is 12.9.